The third-order valence-corrected chi connectivity index (χ3v) is 8.41. The molecule has 0 amide bonds. The number of benzene rings is 2. The van der Waals surface area contributed by atoms with Gasteiger partial charge >= 0.3 is 0 Å². The first-order chi connectivity index (χ1) is 8.72. The molecule has 102 valence electrons. The Balaban J connectivity index is 2.53. The quantitative estimate of drug-likeness (QED) is 0.629. The van der Waals surface area contributed by atoms with E-state index in [4.69, 9.17) is 10.2 Å². The predicted molar refractivity (Wildman–Crippen MR) is 86.2 cm³/mol. The Morgan fingerprint density at radius 3 is 2.16 bits per heavy atom. The molecule has 19 heavy (non-hydrogen) atoms. The molecule has 0 aliphatic carbocycles. The Morgan fingerprint density at radius 2 is 1.58 bits per heavy atom. The summed E-state index contributed by atoms with van der Waals surface area (Å²) in [4.78, 5) is 0. The molecule has 0 heterocycles. The summed E-state index contributed by atoms with van der Waals surface area (Å²) < 4.78 is 6.42. The van der Waals surface area contributed by atoms with Crippen molar-refractivity contribution < 1.29 is 4.43 Å². The van der Waals surface area contributed by atoms with Gasteiger partial charge in [-0.1, -0.05) is 45.0 Å². The number of nitrogen functional groups attached to an aromatic ring is 1. The molecule has 2 N–H and O–H groups in total. The van der Waals surface area contributed by atoms with Crippen molar-refractivity contribution in [2.45, 2.75) is 38.9 Å². The van der Waals surface area contributed by atoms with Gasteiger partial charge in [0.25, 0.3) is 8.32 Å². The molecule has 0 spiro atoms. The molecular formula is C16H23NOSi. The van der Waals surface area contributed by atoms with E-state index < -0.39 is 8.32 Å². The predicted octanol–water partition coefficient (Wildman–Crippen LogP) is 4.81. The monoisotopic (exact) mass is 273 g/mol. The molecule has 0 atom stereocenters. The van der Waals surface area contributed by atoms with Crippen molar-refractivity contribution in [3.63, 3.8) is 0 Å². The van der Waals surface area contributed by atoms with E-state index >= 15 is 0 Å². The average molecular weight is 273 g/mol. The highest BCUT2D eigenvalue weighted by molar-refractivity contribution is 6.74. The minimum absolute atomic E-state index is 0.179. The smallest absolute Gasteiger partial charge is 0.250 e. The van der Waals surface area contributed by atoms with Crippen molar-refractivity contribution in [1.29, 1.82) is 0 Å². The van der Waals surface area contributed by atoms with Gasteiger partial charge in [-0.3, -0.25) is 0 Å². The number of hydrogen-bond donors (Lipinski definition) is 1. The van der Waals surface area contributed by atoms with Crippen molar-refractivity contribution >= 4 is 24.8 Å². The van der Waals surface area contributed by atoms with Crippen LogP contribution >= 0.6 is 0 Å². The van der Waals surface area contributed by atoms with Crippen LogP contribution in [0.1, 0.15) is 20.8 Å². The molecule has 0 radical (unpaired) electrons. The van der Waals surface area contributed by atoms with Crippen LogP contribution < -0.4 is 10.2 Å². The van der Waals surface area contributed by atoms with Crippen molar-refractivity contribution in [3.05, 3.63) is 36.4 Å². The van der Waals surface area contributed by atoms with E-state index in [9.17, 15) is 0 Å². The number of rotatable bonds is 2. The van der Waals surface area contributed by atoms with Crippen molar-refractivity contribution in [2.24, 2.45) is 0 Å². The molecule has 3 heteroatoms. The van der Waals surface area contributed by atoms with Crippen LogP contribution in [-0.2, 0) is 0 Å². The number of hydrogen-bond acceptors (Lipinski definition) is 2. The highest BCUT2D eigenvalue weighted by atomic mass is 28.4. The lowest BCUT2D eigenvalue weighted by molar-refractivity contribution is 0.496. The van der Waals surface area contributed by atoms with E-state index in [0.717, 1.165) is 22.2 Å². The standard InChI is InChI=1S/C16H23NOSi/c1-16(2,3)19(4,5)18-14-11-7-9-12-8-6-10-13(17)15(12)14/h6-11H,17H2,1-5H3. The minimum Gasteiger partial charge on any atom is -0.543 e. The summed E-state index contributed by atoms with van der Waals surface area (Å²) in [6.07, 6.45) is 0. The number of fused-ring (bicyclic) bond motifs is 1. The topological polar surface area (TPSA) is 35.2 Å². The first-order valence-corrected chi connectivity index (χ1v) is 9.59. The van der Waals surface area contributed by atoms with Crippen molar-refractivity contribution in [2.75, 3.05) is 5.73 Å². The Kier molecular flexibility index (Phi) is 3.35. The van der Waals surface area contributed by atoms with Crippen LogP contribution in [0.15, 0.2) is 36.4 Å². The number of nitrogens with two attached hydrogens (primary N) is 1. The molecular weight excluding hydrogens is 250 g/mol. The molecule has 0 saturated carbocycles. The van der Waals surface area contributed by atoms with Gasteiger partial charge in [0.2, 0.25) is 0 Å². The second-order valence-electron chi connectivity index (χ2n) is 6.56. The third kappa shape index (κ3) is 2.61. The normalized spacial score (nSPS) is 12.7. The van der Waals surface area contributed by atoms with Gasteiger partial charge in [-0.25, -0.2) is 0 Å². The summed E-state index contributed by atoms with van der Waals surface area (Å²) in [7, 11) is -1.84. The zero-order valence-electron chi connectivity index (χ0n) is 12.4. The van der Waals surface area contributed by atoms with Gasteiger partial charge in [-0.2, -0.15) is 0 Å². The third-order valence-electron chi connectivity index (χ3n) is 4.07. The Labute approximate surface area is 116 Å². The second kappa shape index (κ2) is 4.56. The Bertz CT molecular complexity index is 594. The van der Waals surface area contributed by atoms with E-state index in [1.54, 1.807) is 0 Å². The minimum atomic E-state index is -1.84. The molecule has 0 bridgehead atoms. The lowest BCUT2D eigenvalue weighted by Gasteiger charge is -2.36. The van der Waals surface area contributed by atoms with Crippen LogP contribution in [0.3, 0.4) is 0 Å². The summed E-state index contributed by atoms with van der Waals surface area (Å²) in [6.45, 7) is 11.2. The molecule has 0 aliphatic heterocycles. The molecule has 2 aromatic rings. The zero-order chi connectivity index (χ0) is 14.3. The highest BCUT2D eigenvalue weighted by Gasteiger charge is 2.39. The fourth-order valence-electron chi connectivity index (χ4n) is 1.85. The maximum Gasteiger partial charge on any atom is 0.250 e. The molecule has 0 aromatic heterocycles. The van der Waals surface area contributed by atoms with Crippen molar-refractivity contribution in [3.8, 4) is 5.75 Å². The average Bonchev–Trinajstić information content (AvgIpc) is 2.27. The van der Waals surface area contributed by atoms with Gasteiger partial charge in [-0.15, -0.1) is 0 Å². The van der Waals surface area contributed by atoms with Crippen LogP contribution in [0.5, 0.6) is 5.75 Å². The summed E-state index contributed by atoms with van der Waals surface area (Å²) >= 11 is 0. The fraction of sp³-hybridized carbons (Fsp3) is 0.375. The summed E-state index contributed by atoms with van der Waals surface area (Å²) in [5.74, 6) is 0.919. The van der Waals surface area contributed by atoms with Gasteiger partial charge in [-0.05, 0) is 35.7 Å². The van der Waals surface area contributed by atoms with Crippen LogP contribution in [-0.4, -0.2) is 8.32 Å². The van der Waals surface area contributed by atoms with Crippen LogP contribution in [0.4, 0.5) is 5.69 Å². The first-order valence-electron chi connectivity index (χ1n) is 6.68. The second-order valence-corrected chi connectivity index (χ2v) is 11.3. The summed E-state index contributed by atoms with van der Waals surface area (Å²) in [5, 5.41) is 2.35. The van der Waals surface area contributed by atoms with Crippen LogP contribution in [0.2, 0.25) is 18.1 Å². The molecule has 0 aliphatic rings. The fourth-order valence-corrected chi connectivity index (χ4v) is 2.87. The molecule has 2 rings (SSSR count). The van der Waals surface area contributed by atoms with E-state index in [0.29, 0.717) is 0 Å². The lowest BCUT2D eigenvalue weighted by atomic mass is 10.1. The lowest BCUT2D eigenvalue weighted by Crippen LogP contribution is -2.43. The summed E-state index contributed by atoms with van der Waals surface area (Å²) in [5.41, 5.74) is 6.90. The molecule has 0 fully saturated rings. The van der Waals surface area contributed by atoms with Gasteiger partial charge in [0.15, 0.2) is 0 Å². The molecule has 2 nitrogen and oxygen atoms in total. The Hall–Kier alpha value is -1.48. The van der Waals surface area contributed by atoms with E-state index in [1.807, 2.05) is 24.3 Å². The SMILES string of the molecule is CC(C)(C)[Si](C)(C)Oc1cccc2cccc(N)c12. The maximum absolute atomic E-state index is 6.42. The number of anilines is 1. The Morgan fingerprint density at radius 1 is 1.00 bits per heavy atom. The van der Waals surface area contributed by atoms with Crippen LogP contribution in [0.25, 0.3) is 10.8 Å². The largest absolute Gasteiger partial charge is 0.543 e. The van der Waals surface area contributed by atoms with E-state index in [1.165, 1.54) is 0 Å². The zero-order valence-corrected chi connectivity index (χ0v) is 13.4. The van der Waals surface area contributed by atoms with Gasteiger partial charge in [0, 0.05) is 11.1 Å². The van der Waals surface area contributed by atoms with Crippen molar-refractivity contribution in [1.82, 2.24) is 0 Å². The maximum atomic E-state index is 6.42. The van der Waals surface area contributed by atoms with E-state index in [-0.39, 0.29) is 5.04 Å². The molecule has 0 unspecified atom stereocenters. The van der Waals surface area contributed by atoms with Crippen LogP contribution in [0, 0.1) is 0 Å². The summed E-state index contributed by atoms with van der Waals surface area (Å²) in [6, 6.07) is 12.1. The van der Waals surface area contributed by atoms with Gasteiger partial charge < -0.3 is 10.2 Å². The molecule has 2 aromatic carbocycles. The molecule has 0 saturated heterocycles. The highest BCUT2D eigenvalue weighted by Crippen LogP contribution is 2.40. The van der Waals surface area contributed by atoms with E-state index in [2.05, 4.69) is 46.0 Å². The van der Waals surface area contributed by atoms with Gasteiger partial charge in [0.05, 0.1) is 0 Å². The first kappa shape index (κ1) is 13.9. The van der Waals surface area contributed by atoms with Gasteiger partial charge in [0.1, 0.15) is 5.75 Å².